The molecule has 0 fully saturated rings. The van der Waals surface area contributed by atoms with Crippen molar-refractivity contribution in [1.82, 2.24) is 0 Å². The Balaban J connectivity index is 2.53. The number of fused-ring (bicyclic) bond motifs is 1. The maximum Gasteiger partial charge on any atom is 0.418 e. The van der Waals surface area contributed by atoms with Gasteiger partial charge in [0, 0.05) is 19.1 Å². The summed E-state index contributed by atoms with van der Waals surface area (Å²) in [5.41, 5.74) is 0.265. The van der Waals surface area contributed by atoms with Crippen LogP contribution in [-0.4, -0.2) is 19.1 Å². The molecular formula is C12H15F3N2. The van der Waals surface area contributed by atoms with Gasteiger partial charge < -0.3 is 10.2 Å². The summed E-state index contributed by atoms with van der Waals surface area (Å²) in [6.45, 7) is 5.19. The minimum absolute atomic E-state index is 0.205. The summed E-state index contributed by atoms with van der Waals surface area (Å²) in [5.74, 6) is 0. The van der Waals surface area contributed by atoms with E-state index in [2.05, 4.69) is 5.32 Å². The Kier molecular flexibility index (Phi) is 2.93. The number of nitrogens with one attached hydrogen (secondary N) is 1. The molecule has 0 aromatic heterocycles. The van der Waals surface area contributed by atoms with Gasteiger partial charge in [-0.25, -0.2) is 0 Å². The van der Waals surface area contributed by atoms with Crippen molar-refractivity contribution in [2.45, 2.75) is 26.1 Å². The summed E-state index contributed by atoms with van der Waals surface area (Å²) in [4.78, 5) is 1.99. The van der Waals surface area contributed by atoms with E-state index >= 15 is 0 Å². The second-order valence-corrected chi connectivity index (χ2v) is 4.21. The zero-order valence-electron chi connectivity index (χ0n) is 9.80. The minimum Gasteiger partial charge on any atom is -0.381 e. The molecule has 0 aliphatic carbocycles. The normalized spacial score (nSPS) is 19.8. The van der Waals surface area contributed by atoms with Crippen molar-refractivity contribution in [3.63, 3.8) is 0 Å². The molecule has 0 saturated heterocycles. The van der Waals surface area contributed by atoms with Gasteiger partial charge in [0.05, 0.1) is 16.9 Å². The van der Waals surface area contributed by atoms with E-state index in [4.69, 9.17) is 0 Å². The Morgan fingerprint density at radius 1 is 1.41 bits per heavy atom. The van der Waals surface area contributed by atoms with Gasteiger partial charge >= 0.3 is 6.18 Å². The number of likely N-dealkylation sites (N-methyl/N-ethyl adjacent to an activating group) is 1. The van der Waals surface area contributed by atoms with Gasteiger partial charge in [0.2, 0.25) is 0 Å². The highest BCUT2D eigenvalue weighted by Gasteiger charge is 2.36. The second-order valence-electron chi connectivity index (χ2n) is 4.21. The van der Waals surface area contributed by atoms with Crippen LogP contribution in [-0.2, 0) is 6.18 Å². The molecule has 0 spiro atoms. The summed E-state index contributed by atoms with van der Waals surface area (Å²) in [5, 5.41) is 2.89. The third-order valence-electron chi connectivity index (χ3n) is 3.10. The number of benzene rings is 1. The number of nitrogens with zero attached hydrogens (tertiary/aromatic N) is 1. The molecule has 0 radical (unpaired) electrons. The van der Waals surface area contributed by atoms with E-state index in [0.29, 0.717) is 18.8 Å². The maximum absolute atomic E-state index is 12.8. The molecule has 1 aromatic carbocycles. The van der Waals surface area contributed by atoms with Gasteiger partial charge in [-0.3, -0.25) is 0 Å². The summed E-state index contributed by atoms with van der Waals surface area (Å²) in [6.07, 6.45) is -4.31. The number of hydrogen-bond donors (Lipinski definition) is 1. The molecule has 1 heterocycles. The molecular weight excluding hydrogens is 229 g/mol. The van der Waals surface area contributed by atoms with Gasteiger partial charge in [-0.2, -0.15) is 13.2 Å². The minimum atomic E-state index is -4.31. The van der Waals surface area contributed by atoms with E-state index in [-0.39, 0.29) is 11.7 Å². The molecule has 0 saturated carbocycles. The van der Waals surface area contributed by atoms with E-state index in [1.807, 2.05) is 18.7 Å². The molecule has 0 bridgehead atoms. The Bertz CT molecular complexity index is 415. The van der Waals surface area contributed by atoms with Gasteiger partial charge in [0.25, 0.3) is 0 Å². The Morgan fingerprint density at radius 2 is 2.12 bits per heavy atom. The molecule has 1 aliphatic heterocycles. The summed E-state index contributed by atoms with van der Waals surface area (Å²) < 4.78 is 38.5. The molecule has 2 nitrogen and oxygen atoms in total. The summed E-state index contributed by atoms with van der Waals surface area (Å²) in [7, 11) is 0. The fraction of sp³-hybridized carbons (Fsp3) is 0.500. The summed E-state index contributed by atoms with van der Waals surface area (Å²) >= 11 is 0. The molecule has 1 N–H and O–H groups in total. The predicted octanol–water partition coefficient (Wildman–Crippen LogP) is 3.35. The number of anilines is 2. The topological polar surface area (TPSA) is 15.3 Å². The van der Waals surface area contributed by atoms with Crippen molar-refractivity contribution in [2.24, 2.45) is 0 Å². The van der Waals surface area contributed by atoms with E-state index in [0.717, 1.165) is 6.07 Å². The lowest BCUT2D eigenvalue weighted by Gasteiger charge is -2.38. The Morgan fingerprint density at radius 3 is 2.71 bits per heavy atom. The number of hydrogen-bond acceptors (Lipinski definition) is 2. The van der Waals surface area contributed by atoms with Gasteiger partial charge in [0.1, 0.15) is 0 Å². The van der Waals surface area contributed by atoms with Crippen LogP contribution >= 0.6 is 0 Å². The van der Waals surface area contributed by atoms with Crippen LogP contribution in [0.25, 0.3) is 0 Å². The molecule has 1 aliphatic rings. The van der Waals surface area contributed by atoms with Crippen molar-refractivity contribution < 1.29 is 13.2 Å². The first-order valence-electron chi connectivity index (χ1n) is 5.66. The van der Waals surface area contributed by atoms with Gasteiger partial charge in [0.15, 0.2) is 0 Å². The van der Waals surface area contributed by atoms with E-state index in [9.17, 15) is 13.2 Å². The van der Waals surface area contributed by atoms with Crippen LogP contribution < -0.4 is 10.2 Å². The molecule has 5 heteroatoms. The van der Waals surface area contributed by atoms with Crippen molar-refractivity contribution in [2.75, 3.05) is 23.3 Å². The van der Waals surface area contributed by atoms with Gasteiger partial charge in [-0.05, 0) is 26.0 Å². The predicted molar refractivity (Wildman–Crippen MR) is 62.4 cm³/mol. The molecule has 94 valence electrons. The number of rotatable bonds is 1. The molecule has 1 unspecified atom stereocenters. The van der Waals surface area contributed by atoms with Crippen LogP contribution in [0.4, 0.5) is 24.5 Å². The van der Waals surface area contributed by atoms with Gasteiger partial charge in [-0.15, -0.1) is 0 Å². The van der Waals surface area contributed by atoms with Crippen LogP contribution in [0, 0.1) is 0 Å². The van der Waals surface area contributed by atoms with Crippen LogP contribution in [0.5, 0.6) is 0 Å². The van der Waals surface area contributed by atoms with Crippen molar-refractivity contribution in [3.05, 3.63) is 23.8 Å². The molecule has 17 heavy (non-hydrogen) atoms. The lowest BCUT2D eigenvalue weighted by molar-refractivity contribution is -0.136. The SMILES string of the molecule is CCN1c2cccc(C(F)(F)F)c2NCC1C. The Labute approximate surface area is 98.4 Å². The van der Waals surface area contributed by atoms with Crippen molar-refractivity contribution in [3.8, 4) is 0 Å². The number of alkyl halides is 3. The van der Waals surface area contributed by atoms with E-state index in [1.54, 1.807) is 6.07 Å². The highest BCUT2D eigenvalue weighted by molar-refractivity contribution is 5.76. The first-order valence-corrected chi connectivity index (χ1v) is 5.66. The Hall–Kier alpha value is -1.39. The average molecular weight is 244 g/mol. The fourth-order valence-corrected chi connectivity index (χ4v) is 2.28. The maximum atomic E-state index is 12.8. The highest BCUT2D eigenvalue weighted by Crippen LogP contribution is 2.42. The molecule has 2 rings (SSSR count). The van der Waals surface area contributed by atoms with Crippen molar-refractivity contribution >= 4 is 11.4 Å². The van der Waals surface area contributed by atoms with Crippen molar-refractivity contribution in [1.29, 1.82) is 0 Å². The van der Waals surface area contributed by atoms with E-state index < -0.39 is 11.7 Å². The summed E-state index contributed by atoms with van der Waals surface area (Å²) in [6, 6.07) is 4.52. The lowest BCUT2D eigenvalue weighted by atomic mass is 10.1. The first kappa shape index (κ1) is 12.1. The van der Waals surface area contributed by atoms with Gasteiger partial charge in [-0.1, -0.05) is 6.07 Å². The van der Waals surface area contributed by atoms with Crippen LogP contribution in [0.3, 0.4) is 0 Å². The van der Waals surface area contributed by atoms with Crippen LogP contribution in [0.2, 0.25) is 0 Å². The number of para-hydroxylation sites is 1. The number of halogens is 3. The molecule has 0 amide bonds. The second kappa shape index (κ2) is 4.13. The molecule has 1 aromatic rings. The third-order valence-corrected chi connectivity index (χ3v) is 3.10. The quantitative estimate of drug-likeness (QED) is 0.815. The zero-order valence-corrected chi connectivity index (χ0v) is 9.80. The highest BCUT2D eigenvalue weighted by atomic mass is 19.4. The van der Waals surface area contributed by atoms with E-state index in [1.165, 1.54) is 6.07 Å². The lowest BCUT2D eigenvalue weighted by Crippen LogP contribution is -2.42. The fourth-order valence-electron chi connectivity index (χ4n) is 2.28. The standard InChI is InChI=1S/C12H15F3N2/c1-3-17-8(2)7-16-11-9(12(13,14)15)5-4-6-10(11)17/h4-6,8,16H,3,7H2,1-2H3. The average Bonchev–Trinajstić information content (AvgIpc) is 2.26. The third kappa shape index (κ3) is 2.06. The zero-order chi connectivity index (χ0) is 12.6. The van der Waals surface area contributed by atoms with Crippen LogP contribution in [0.15, 0.2) is 18.2 Å². The largest absolute Gasteiger partial charge is 0.418 e. The molecule has 1 atom stereocenters. The smallest absolute Gasteiger partial charge is 0.381 e. The monoisotopic (exact) mass is 244 g/mol. The first-order chi connectivity index (χ1) is 7.95. The van der Waals surface area contributed by atoms with Crippen LogP contribution in [0.1, 0.15) is 19.4 Å².